The van der Waals surface area contributed by atoms with E-state index in [1.807, 2.05) is 12.1 Å². The molecule has 0 bridgehead atoms. The number of hydrogen-bond donors (Lipinski definition) is 1. The summed E-state index contributed by atoms with van der Waals surface area (Å²) >= 11 is 6.13. The maximum atomic E-state index is 12.4. The Kier molecular flexibility index (Phi) is 9.19. The molecule has 1 saturated heterocycles. The number of hydrogen-bond acceptors (Lipinski definition) is 4. The Morgan fingerprint density at radius 2 is 1.88 bits per heavy atom. The first kappa shape index (κ1) is 25.5. The molecule has 1 N–H and O–H groups in total. The lowest BCUT2D eigenvalue weighted by Crippen LogP contribution is -2.52. The SMILES string of the molecule is Cc1c(OCCCCN(C)C)ccc(C(C)N2CC(CNC(=O)c3ccccc3Cl)C2)c1C. The highest BCUT2D eigenvalue weighted by Gasteiger charge is 2.32. The van der Waals surface area contributed by atoms with Gasteiger partial charge in [-0.25, -0.2) is 0 Å². The minimum Gasteiger partial charge on any atom is -0.493 e. The monoisotopic (exact) mass is 471 g/mol. The van der Waals surface area contributed by atoms with Crippen LogP contribution in [0.15, 0.2) is 36.4 Å². The third-order valence-corrected chi connectivity index (χ3v) is 7.02. The van der Waals surface area contributed by atoms with Crippen molar-refractivity contribution in [2.45, 2.75) is 39.7 Å². The topological polar surface area (TPSA) is 44.8 Å². The number of benzene rings is 2. The van der Waals surface area contributed by atoms with Gasteiger partial charge in [0.05, 0.1) is 17.2 Å². The van der Waals surface area contributed by atoms with Crippen molar-refractivity contribution in [3.05, 3.63) is 63.7 Å². The number of unbranched alkanes of at least 4 members (excludes halogenated alkanes) is 1. The number of rotatable bonds is 11. The quantitative estimate of drug-likeness (QED) is 0.463. The third-order valence-electron chi connectivity index (χ3n) is 6.69. The van der Waals surface area contributed by atoms with Gasteiger partial charge in [0.15, 0.2) is 0 Å². The molecule has 180 valence electrons. The highest BCUT2D eigenvalue weighted by molar-refractivity contribution is 6.33. The number of ether oxygens (including phenoxy) is 1. The van der Waals surface area contributed by atoms with E-state index >= 15 is 0 Å². The number of likely N-dealkylation sites (tertiary alicyclic amines) is 1. The maximum absolute atomic E-state index is 12.4. The summed E-state index contributed by atoms with van der Waals surface area (Å²) in [6.07, 6.45) is 2.21. The fourth-order valence-electron chi connectivity index (χ4n) is 4.37. The van der Waals surface area contributed by atoms with Crippen LogP contribution in [0.25, 0.3) is 0 Å². The second kappa shape index (κ2) is 11.9. The number of carbonyl (C=O) groups excluding carboxylic acids is 1. The molecule has 1 heterocycles. The number of nitrogens with zero attached hydrogens (tertiary/aromatic N) is 2. The van der Waals surface area contributed by atoms with E-state index in [-0.39, 0.29) is 5.91 Å². The fourth-order valence-corrected chi connectivity index (χ4v) is 4.59. The van der Waals surface area contributed by atoms with Crippen molar-refractivity contribution < 1.29 is 9.53 Å². The summed E-state index contributed by atoms with van der Waals surface area (Å²) in [5.41, 5.74) is 4.43. The minimum atomic E-state index is -0.101. The molecule has 0 aromatic heterocycles. The van der Waals surface area contributed by atoms with Crippen LogP contribution in [0, 0.1) is 19.8 Å². The molecule has 33 heavy (non-hydrogen) atoms. The normalized spacial score (nSPS) is 15.4. The summed E-state index contributed by atoms with van der Waals surface area (Å²) in [5, 5.41) is 3.53. The smallest absolute Gasteiger partial charge is 0.252 e. The lowest BCUT2D eigenvalue weighted by molar-refractivity contribution is 0.0569. The van der Waals surface area contributed by atoms with Gasteiger partial charge >= 0.3 is 0 Å². The first-order valence-corrected chi connectivity index (χ1v) is 12.3. The summed E-state index contributed by atoms with van der Waals surface area (Å²) in [5.74, 6) is 1.36. The lowest BCUT2D eigenvalue weighted by atomic mass is 9.91. The van der Waals surface area contributed by atoms with Gasteiger partial charge in [-0.1, -0.05) is 29.8 Å². The van der Waals surface area contributed by atoms with Gasteiger partial charge in [-0.05, 0) is 89.1 Å². The largest absolute Gasteiger partial charge is 0.493 e. The molecule has 1 amide bonds. The van der Waals surface area contributed by atoms with E-state index in [9.17, 15) is 4.79 Å². The summed E-state index contributed by atoms with van der Waals surface area (Å²) in [6, 6.07) is 11.9. The Balaban J connectivity index is 1.46. The molecule has 3 rings (SSSR count). The van der Waals surface area contributed by atoms with Crippen LogP contribution in [-0.2, 0) is 0 Å². The molecule has 2 aromatic rings. The first-order valence-electron chi connectivity index (χ1n) is 11.9. The van der Waals surface area contributed by atoms with Crippen LogP contribution in [0.1, 0.15) is 52.9 Å². The summed E-state index contributed by atoms with van der Waals surface area (Å²) < 4.78 is 6.07. The standard InChI is InChI=1S/C27H38ClN3O2/c1-19-20(2)26(33-15-9-8-14-30(4)5)13-12-23(19)21(3)31-17-22(18-31)16-29-27(32)24-10-6-7-11-25(24)28/h6-7,10-13,21-22H,8-9,14-18H2,1-5H3,(H,29,32). The number of halogens is 1. The summed E-state index contributed by atoms with van der Waals surface area (Å²) in [4.78, 5) is 17.1. The maximum Gasteiger partial charge on any atom is 0.252 e. The number of carbonyl (C=O) groups is 1. The predicted molar refractivity (Wildman–Crippen MR) is 136 cm³/mol. The van der Waals surface area contributed by atoms with Gasteiger partial charge in [0.1, 0.15) is 5.75 Å². The molecule has 0 radical (unpaired) electrons. The molecular formula is C27H38ClN3O2. The van der Waals surface area contributed by atoms with Crippen molar-refractivity contribution in [2.75, 3.05) is 46.9 Å². The highest BCUT2D eigenvalue weighted by atomic mass is 35.5. The minimum absolute atomic E-state index is 0.101. The fraction of sp³-hybridized carbons (Fsp3) is 0.519. The van der Waals surface area contributed by atoms with Crippen molar-refractivity contribution in [3.8, 4) is 5.75 Å². The van der Waals surface area contributed by atoms with Gasteiger partial charge < -0.3 is 15.0 Å². The molecule has 0 aliphatic carbocycles. The summed E-state index contributed by atoms with van der Waals surface area (Å²) in [6.45, 7) is 11.1. The van der Waals surface area contributed by atoms with Gasteiger partial charge in [-0.3, -0.25) is 9.69 Å². The van der Waals surface area contributed by atoms with Crippen LogP contribution in [0.2, 0.25) is 5.02 Å². The Morgan fingerprint density at radius 1 is 1.15 bits per heavy atom. The summed E-state index contributed by atoms with van der Waals surface area (Å²) in [7, 11) is 4.21. The Bertz CT molecular complexity index is 941. The van der Waals surface area contributed by atoms with E-state index in [4.69, 9.17) is 16.3 Å². The van der Waals surface area contributed by atoms with Crippen LogP contribution in [0.3, 0.4) is 0 Å². The zero-order valence-electron chi connectivity index (χ0n) is 20.7. The van der Waals surface area contributed by atoms with E-state index in [0.29, 0.717) is 29.1 Å². The van der Waals surface area contributed by atoms with E-state index in [1.165, 1.54) is 16.7 Å². The van der Waals surface area contributed by atoms with Crippen LogP contribution in [-0.4, -0.2) is 62.6 Å². The highest BCUT2D eigenvalue weighted by Crippen LogP contribution is 2.34. The van der Waals surface area contributed by atoms with Crippen molar-refractivity contribution in [2.24, 2.45) is 5.92 Å². The average Bonchev–Trinajstić information content (AvgIpc) is 2.75. The predicted octanol–water partition coefficient (Wildman–Crippen LogP) is 5.10. The van der Waals surface area contributed by atoms with E-state index in [0.717, 1.165) is 44.8 Å². The van der Waals surface area contributed by atoms with E-state index < -0.39 is 0 Å². The zero-order chi connectivity index (χ0) is 24.0. The zero-order valence-corrected chi connectivity index (χ0v) is 21.4. The van der Waals surface area contributed by atoms with Gasteiger partial charge in [-0.15, -0.1) is 0 Å². The first-order chi connectivity index (χ1) is 15.8. The number of nitrogens with one attached hydrogen (secondary N) is 1. The van der Waals surface area contributed by atoms with Crippen LogP contribution in [0.4, 0.5) is 0 Å². The lowest BCUT2D eigenvalue weighted by Gasteiger charge is -2.44. The average molecular weight is 472 g/mol. The molecule has 1 fully saturated rings. The van der Waals surface area contributed by atoms with Crippen LogP contribution >= 0.6 is 11.6 Å². The van der Waals surface area contributed by atoms with E-state index in [2.05, 4.69) is 62.1 Å². The van der Waals surface area contributed by atoms with Crippen molar-refractivity contribution in [1.82, 2.24) is 15.1 Å². The Hall–Kier alpha value is -2.08. The molecule has 5 nitrogen and oxygen atoms in total. The van der Waals surface area contributed by atoms with Crippen molar-refractivity contribution >= 4 is 17.5 Å². The molecule has 0 spiro atoms. The second-order valence-electron chi connectivity index (χ2n) is 9.45. The van der Waals surface area contributed by atoms with Gasteiger partial charge in [-0.2, -0.15) is 0 Å². The van der Waals surface area contributed by atoms with Gasteiger partial charge in [0.2, 0.25) is 0 Å². The van der Waals surface area contributed by atoms with Crippen molar-refractivity contribution in [3.63, 3.8) is 0 Å². The molecule has 1 atom stereocenters. The molecule has 1 aliphatic heterocycles. The van der Waals surface area contributed by atoms with Crippen molar-refractivity contribution in [1.29, 1.82) is 0 Å². The second-order valence-corrected chi connectivity index (χ2v) is 9.85. The van der Waals surface area contributed by atoms with Gasteiger partial charge in [0.25, 0.3) is 5.91 Å². The number of amides is 1. The van der Waals surface area contributed by atoms with E-state index in [1.54, 1.807) is 12.1 Å². The molecule has 6 heteroatoms. The molecule has 1 unspecified atom stereocenters. The molecular weight excluding hydrogens is 434 g/mol. The molecule has 2 aromatic carbocycles. The molecule has 1 aliphatic rings. The Labute approximate surface area is 204 Å². The Morgan fingerprint density at radius 3 is 2.58 bits per heavy atom. The third kappa shape index (κ3) is 6.72. The van der Waals surface area contributed by atoms with Crippen LogP contribution < -0.4 is 10.1 Å². The molecule has 0 saturated carbocycles. The van der Waals surface area contributed by atoms with Crippen LogP contribution in [0.5, 0.6) is 5.75 Å². The van der Waals surface area contributed by atoms with Gasteiger partial charge in [0, 0.05) is 31.6 Å².